The monoisotopic (exact) mass is 319 g/mol. The molecule has 2 fully saturated rings. The van der Waals surface area contributed by atoms with Gasteiger partial charge in [0.05, 0.1) is 17.1 Å². The smallest absolute Gasteiger partial charge is 0.481 e. The van der Waals surface area contributed by atoms with E-state index in [2.05, 4.69) is 9.97 Å². The number of carboxylic acids is 1. The molecule has 0 radical (unpaired) electrons. The molecule has 3 heterocycles. The molecule has 0 aromatic carbocycles. The first-order chi connectivity index (χ1) is 10.7. The maximum Gasteiger partial charge on any atom is 0.498 e. The minimum Gasteiger partial charge on any atom is -0.481 e. The molecule has 0 saturated carbocycles. The number of aromatic nitrogens is 2. The summed E-state index contributed by atoms with van der Waals surface area (Å²) in [5.41, 5.74) is -0.0404. The van der Waals surface area contributed by atoms with Gasteiger partial charge >= 0.3 is 13.1 Å². The fraction of sp³-hybridized carbons (Fsp3) is 0.667. The Morgan fingerprint density at radius 3 is 2.30 bits per heavy atom. The SMILES string of the molecule is CC1(C)OB(c2cnc(N3CC[C@H](C(=O)O)C3)nc2)OC1(C)C. The van der Waals surface area contributed by atoms with Gasteiger partial charge in [-0.15, -0.1) is 0 Å². The van der Waals surface area contributed by atoms with Crippen LogP contribution >= 0.6 is 0 Å². The Bertz CT molecular complexity index is 589. The molecule has 1 atom stereocenters. The van der Waals surface area contributed by atoms with Crippen molar-refractivity contribution in [3.05, 3.63) is 12.4 Å². The number of aliphatic carboxylic acids is 1. The zero-order valence-electron chi connectivity index (χ0n) is 13.9. The number of carboxylic acid groups (broad SMARTS) is 1. The Kier molecular flexibility index (Phi) is 3.84. The molecule has 1 aromatic rings. The third kappa shape index (κ3) is 2.93. The first kappa shape index (κ1) is 16.2. The van der Waals surface area contributed by atoms with Crippen LogP contribution in [0.15, 0.2) is 12.4 Å². The van der Waals surface area contributed by atoms with E-state index in [-0.39, 0.29) is 5.92 Å². The highest BCUT2D eigenvalue weighted by atomic mass is 16.7. The van der Waals surface area contributed by atoms with Crippen LogP contribution in [-0.4, -0.2) is 52.5 Å². The van der Waals surface area contributed by atoms with Crippen molar-refractivity contribution in [3.8, 4) is 0 Å². The number of nitrogens with zero attached hydrogens (tertiary/aromatic N) is 3. The molecule has 0 spiro atoms. The van der Waals surface area contributed by atoms with E-state index in [0.717, 1.165) is 5.46 Å². The Morgan fingerprint density at radius 1 is 1.26 bits per heavy atom. The van der Waals surface area contributed by atoms with Crippen molar-refractivity contribution in [3.63, 3.8) is 0 Å². The summed E-state index contributed by atoms with van der Waals surface area (Å²) in [7, 11) is -0.487. The highest BCUT2D eigenvalue weighted by Gasteiger charge is 2.52. The summed E-state index contributed by atoms with van der Waals surface area (Å²) in [5, 5.41) is 9.06. The van der Waals surface area contributed by atoms with Crippen molar-refractivity contribution in [1.29, 1.82) is 0 Å². The lowest BCUT2D eigenvalue weighted by Gasteiger charge is -2.32. The molecular formula is C15H22BN3O4. The van der Waals surface area contributed by atoms with Gasteiger partial charge in [0.15, 0.2) is 0 Å². The molecule has 0 aliphatic carbocycles. The maximum atomic E-state index is 11.0. The second-order valence-electron chi connectivity index (χ2n) is 7.17. The molecule has 0 unspecified atom stereocenters. The molecule has 3 rings (SSSR count). The Hall–Kier alpha value is -1.67. The van der Waals surface area contributed by atoms with Gasteiger partial charge in [-0.2, -0.15) is 0 Å². The summed E-state index contributed by atoms with van der Waals surface area (Å²) < 4.78 is 11.9. The highest BCUT2D eigenvalue weighted by molar-refractivity contribution is 6.61. The minimum atomic E-state index is -0.763. The third-order valence-electron chi connectivity index (χ3n) is 5.00. The number of rotatable bonds is 3. The van der Waals surface area contributed by atoms with Gasteiger partial charge in [-0.1, -0.05) is 0 Å². The van der Waals surface area contributed by atoms with Crippen LogP contribution in [0.1, 0.15) is 34.1 Å². The van der Waals surface area contributed by atoms with Gasteiger partial charge in [0.1, 0.15) is 0 Å². The van der Waals surface area contributed by atoms with E-state index in [9.17, 15) is 4.79 Å². The van der Waals surface area contributed by atoms with Gasteiger partial charge < -0.3 is 19.3 Å². The molecule has 124 valence electrons. The minimum absolute atomic E-state index is 0.346. The first-order valence-corrected chi connectivity index (χ1v) is 7.85. The number of hydrogen-bond donors (Lipinski definition) is 1. The van der Waals surface area contributed by atoms with Crippen molar-refractivity contribution in [2.45, 2.75) is 45.3 Å². The molecular weight excluding hydrogens is 297 g/mol. The quantitative estimate of drug-likeness (QED) is 0.820. The van der Waals surface area contributed by atoms with Crippen LogP contribution in [0.2, 0.25) is 0 Å². The summed E-state index contributed by atoms with van der Waals surface area (Å²) in [5.74, 6) is -0.559. The lowest BCUT2D eigenvalue weighted by atomic mass is 9.81. The van der Waals surface area contributed by atoms with Crippen molar-refractivity contribution in [2.24, 2.45) is 5.92 Å². The highest BCUT2D eigenvalue weighted by Crippen LogP contribution is 2.36. The maximum absolute atomic E-state index is 11.0. The lowest BCUT2D eigenvalue weighted by Crippen LogP contribution is -2.41. The van der Waals surface area contributed by atoms with Crippen LogP contribution in [-0.2, 0) is 14.1 Å². The second kappa shape index (κ2) is 5.45. The summed E-state index contributed by atoms with van der Waals surface area (Å²) in [6, 6.07) is 0. The van der Waals surface area contributed by atoms with Crippen molar-refractivity contribution in [2.75, 3.05) is 18.0 Å². The van der Waals surface area contributed by atoms with Crippen LogP contribution < -0.4 is 10.4 Å². The average molecular weight is 319 g/mol. The number of anilines is 1. The average Bonchev–Trinajstić information content (AvgIpc) is 3.03. The molecule has 1 aromatic heterocycles. The molecule has 7 nitrogen and oxygen atoms in total. The molecule has 2 aliphatic rings. The van der Waals surface area contributed by atoms with Crippen LogP contribution in [0.4, 0.5) is 5.95 Å². The topological polar surface area (TPSA) is 84.8 Å². The largest absolute Gasteiger partial charge is 0.498 e. The number of carbonyl (C=O) groups is 1. The third-order valence-corrected chi connectivity index (χ3v) is 5.00. The summed E-state index contributed by atoms with van der Waals surface area (Å²) in [6.45, 7) is 9.10. The van der Waals surface area contributed by atoms with Gasteiger partial charge in [0.25, 0.3) is 0 Å². The van der Waals surface area contributed by atoms with Crippen LogP contribution in [0, 0.1) is 5.92 Å². The number of hydrogen-bond acceptors (Lipinski definition) is 6. The Balaban J connectivity index is 1.70. The van der Waals surface area contributed by atoms with E-state index >= 15 is 0 Å². The van der Waals surface area contributed by atoms with Crippen LogP contribution in [0.25, 0.3) is 0 Å². The fourth-order valence-corrected chi connectivity index (χ4v) is 2.74. The van der Waals surface area contributed by atoms with Crippen molar-refractivity contribution >= 4 is 24.5 Å². The predicted molar refractivity (Wildman–Crippen MR) is 85.7 cm³/mol. The van der Waals surface area contributed by atoms with E-state index in [1.54, 1.807) is 12.4 Å². The van der Waals surface area contributed by atoms with Crippen LogP contribution in [0.5, 0.6) is 0 Å². The Morgan fingerprint density at radius 2 is 1.83 bits per heavy atom. The zero-order chi connectivity index (χ0) is 16.8. The molecule has 0 amide bonds. The van der Waals surface area contributed by atoms with Gasteiger partial charge in [-0.3, -0.25) is 4.79 Å². The molecule has 1 N–H and O–H groups in total. The van der Waals surface area contributed by atoms with Crippen molar-refractivity contribution < 1.29 is 19.2 Å². The normalized spacial score (nSPS) is 25.8. The zero-order valence-corrected chi connectivity index (χ0v) is 13.9. The van der Waals surface area contributed by atoms with E-state index in [1.165, 1.54) is 0 Å². The van der Waals surface area contributed by atoms with Gasteiger partial charge in [0, 0.05) is 30.9 Å². The van der Waals surface area contributed by atoms with Crippen LogP contribution in [0.3, 0.4) is 0 Å². The van der Waals surface area contributed by atoms with E-state index in [1.807, 2.05) is 32.6 Å². The summed E-state index contributed by atoms with van der Waals surface area (Å²) >= 11 is 0. The second-order valence-corrected chi connectivity index (χ2v) is 7.17. The summed E-state index contributed by atoms with van der Waals surface area (Å²) in [6.07, 6.45) is 4.01. The van der Waals surface area contributed by atoms with E-state index in [4.69, 9.17) is 14.4 Å². The van der Waals surface area contributed by atoms with E-state index < -0.39 is 24.3 Å². The van der Waals surface area contributed by atoms with Crippen molar-refractivity contribution in [1.82, 2.24) is 9.97 Å². The molecule has 23 heavy (non-hydrogen) atoms. The Labute approximate surface area is 136 Å². The van der Waals surface area contributed by atoms with Gasteiger partial charge in [-0.05, 0) is 34.1 Å². The fourth-order valence-electron chi connectivity index (χ4n) is 2.74. The molecule has 2 saturated heterocycles. The molecule has 2 aliphatic heterocycles. The molecule has 8 heteroatoms. The van der Waals surface area contributed by atoms with E-state index in [0.29, 0.717) is 25.5 Å². The predicted octanol–water partition coefficient (Wildman–Crippen LogP) is 0.687. The molecule has 0 bridgehead atoms. The summed E-state index contributed by atoms with van der Waals surface area (Å²) in [4.78, 5) is 21.6. The lowest BCUT2D eigenvalue weighted by molar-refractivity contribution is -0.140. The standard InChI is InChI=1S/C15H22BN3O4/c1-14(2)15(3,4)23-16(22-14)11-7-17-13(18-8-11)19-6-5-10(9-19)12(20)21/h7-8,10H,5-6,9H2,1-4H3,(H,20,21)/t10-/m0/s1. The van der Waals surface area contributed by atoms with Gasteiger partial charge in [0.2, 0.25) is 5.95 Å². The first-order valence-electron chi connectivity index (χ1n) is 7.85. The van der Waals surface area contributed by atoms with Gasteiger partial charge in [-0.25, -0.2) is 9.97 Å².